The third-order valence-electron chi connectivity index (χ3n) is 4.84. The van der Waals surface area contributed by atoms with E-state index in [2.05, 4.69) is 10.3 Å². The number of nitrogens with zero attached hydrogens (tertiary/aromatic N) is 2. The van der Waals surface area contributed by atoms with Crippen LogP contribution < -0.4 is 20.5 Å². The van der Waals surface area contributed by atoms with Gasteiger partial charge in [-0.1, -0.05) is 18.2 Å². The van der Waals surface area contributed by atoms with E-state index in [9.17, 15) is 9.18 Å². The van der Waals surface area contributed by atoms with Crippen LogP contribution in [-0.2, 0) is 19.6 Å². The van der Waals surface area contributed by atoms with Crippen molar-refractivity contribution in [3.05, 3.63) is 93.9 Å². The first kappa shape index (κ1) is 20.1. The van der Waals surface area contributed by atoms with E-state index in [-0.39, 0.29) is 24.6 Å². The van der Waals surface area contributed by atoms with Crippen LogP contribution in [0.2, 0.25) is 0 Å². The van der Waals surface area contributed by atoms with Gasteiger partial charge in [-0.3, -0.25) is 9.78 Å². The fourth-order valence-electron chi connectivity index (χ4n) is 2.92. The SMILES string of the molecule is O=c1cc(OCc2ccc(F)cc2)ccn1OCc1ccc(CCNC2CC2)cn1. The number of nitrogens with one attached hydrogen (secondary N) is 1. The van der Waals surface area contributed by atoms with Crippen LogP contribution in [0.3, 0.4) is 0 Å². The van der Waals surface area contributed by atoms with Gasteiger partial charge >= 0.3 is 0 Å². The lowest BCUT2D eigenvalue weighted by molar-refractivity contribution is 0.0862. The highest BCUT2D eigenvalue weighted by Crippen LogP contribution is 2.18. The van der Waals surface area contributed by atoms with Crippen molar-refractivity contribution < 1.29 is 14.0 Å². The van der Waals surface area contributed by atoms with E-state index in [4.69, 9.17) is 9.57 Å². The molecule has 0 radical (unpaired) electrons. The molecule has 0 saturated heterocycles. The predicted molar refractivity (Wildman–Crippen MR) is 111 cm³/mol. The minimum Gasteiger partial charge on any atom is -0.489 e. The number of halogens is 1. The quantitative estimate of drug-likeness (QED) is 0.558. The van der Waals surface area contributed by atoms with Crippen LogP contribution in [0.1, 0.15) is 29.7 Å². The van der Waals surface area contributed by atoms with Gasteiger partial charge in [-0.25, -0.2) is 4.39 Å². The molecule has 0 bridgehead atoms. The van der Waals surface area contributed by atoms with Crippen molar-refractivity contribution in [2.45, 2.75) is 38.5 Å². The molecule has 0 unspecified atom stereocenters. The third kappa shape index (κ3) is 5.90. The van der Waals surface area contributed by atoms with E-state index >= 15 is 0 Å². The first-order valence-corrected chi connectivity index (χ1v) is 10.1. The number of rotatable bonds is 10. The molecule has 7 heteroatoms. The molecule has 2 aromatic heterocycles. The number of ether oxygens (including phenoxy) is 1. The van der Waals surface area contributed by atoms with Gasteiger partial charge in [-0.05, 0) is 55.1 Å². The molecular weight excluding hydrogens is 385 g/mol. The molecule has 3 aromatic rings. The smallest absolute Gasteiger partial charge is 0.286 e. The Morgan fingerprint density at radius 2 is 1.87 bits per heavy atom. The summed E-state index contributed by atoms with van der Waals surface area (Å²) in [4.78, 5) is 22.2. The van der Waals surface area contributed by atoms with E-state index < -0.39 is 0 Å². The van der Waals surface area contributed by atoms with Crippen LogP contribution >= 0.6 is 0 Å². The average Bonchev–Trinajstić information content (AvgIpc) is 3.58. The summed E-state index contributed by atoms with van der Waals surface area (Å²) in [5.74, 6) is 0.125. The van der Waals surface area contributed by atoms with Crippen molar-refractivity contribution in [2.24, 2.45) is 0 Å². The molecular formula is C23H24FN3O3. The highest BCUT2D eigenvalue weighted by atomic mass is 19.1. The molecule has 0 atom stereocenters. The lowest BCUT2D eigenvalue weighted by atomic mass is 10.2. The summed E-state index contributed by atoms with van der Waals surface area (Å²) < 4.78 is 19.7. The van der Waals surface area contributed by atoms with Crippen LogP contribution in [0.4, 0.5) is 4.39 Å². The molecule has 1 aliphatic rings. The normalized spacial score (nSPS) is 13.2. The fourth-order valence-corrected chi connectivity index (χ4v) is 2.92. The second kappa shape index (κ2) is 9.54. The maximum atomic E-state index is 12.9. The number of hydrogen-bond donors (Lipinski definition) is 1. The topological polar surface area (TPSA) is 65.4 Å². The first-order chi connectivity index (χ1) is 14.7. The lowest BCUT2D eigenvalue weighted by Crippen LogP contribution is -2.25. The van der Waals surface area contributed by atoms with Gasteiger partial charge in [0.15, 0.2) is 6.61 Å². The number of hydrogen-bond acceptors (Lipinski definition) is 5. The molecule has 1 fully saturated rings. The van der Waals surface area contributed by atoms with Crippen molar-refractivity contribution >= 4 is 0 Å². The Morgan fingerprint density at radius 1 is 1.07 bits per heavy atom. The largest absolute Gasteiger partial charge is 0.489 e. The second-order valence-electron chi connectivity index (χ2n) is 7.35. The maximum absolute atomic E-state index is 12.9. The van der Waals surface area contributed by atoms with E-state index in [0.717, 1.165) is 29.0 Å². The summed E-state index contributed by atoms with van der Waals surface area (Å²) in [5, 5.41) is 3.48. The van der Waals surface area contributed by atoms with Gasteiger partial charge in [-0.2, -0.15) is 4.73 Å². The zero-order valence-corrected chi connectivity index (χ0v) is 16.6. The Bertz CT molecular complexity index is 1020. The first-order valence-electron chi connectivity index (χ1n) is 10.1. The van der Waals surface area contributed by atoms with Crippen molar-refractivity contribution in [3.8, 4) is 5.75 Å². The molecule has 6 nitrogen and oxygen atoms in total. The standard InChI is InChI=1S/C23H24FN3O3/c24-19-4-1-18(2-5-19)15-29-22-10-12-27(23(28)13-22)30-16-21-6-3-17(14-26-21)9-11-25-20-7-8-20/h1-6,10,12-14,20,25H,7-9,11,15-16H2. The molecule has 0 amide bonds. The number of aromatic nitrogens is 2. The fraction of sp³-hybridized carbons (Fsp3) is 0.304. The summed E-state index contributed by atoms with van der Waals surface area (Å²) in [6.45, 7) is 1.40. The Kier molecular flexibility index (Phi) is 6.39. The van der Waals surface area contributed by atoms with E-state index in [1.807, 2.05) is 18.3 Å². The Labute approximate surface area is 174 Å². The van der Waals surface area contributed by atoms with Crippen LogP contribution in [-0.4, -0.2) is 22.3 Å². The van der Waals surface area contributed by atoms with Crippen LogP contribution in [0.25, 0.3) is 0 Å². The molecule has 4 rings (SSSR count). The molecule has 0 spiro atoms. The monoisotopic (exact) mass is 409 g/mol. The third-order valence-corrected chi connectivity index (χ3v) is 4.84. The zero-order chi connectivity index (χ0) is 20.8. The molecule has 1 N–H and O–H groups in total. The van der Waals surface area contributed by atoms with Crippen molar-refractivity contribution in [1.82, 2.24) is 15.0 Å². The Morgan fingerprint density at radius 3 is 2.57 bits per heavy atom. The molecule has 2 heterocycles. The van der Waals surface area contributed by atoms with Crippen molar-refractivity contribution in [3.63, 3.8) is 0 Å². The van der Waals surface area contributed by atoms with Crippen molar-refractivity contribution in [1.29, 1.82) is 0 Å². The van der Waals surface area contributed by atoms with E-state index in [1.54, 1.807) is 18.2 Å². The van der Waals surface area contributed by atoms with Crippen LogP contribution in [0, 0.1) is 5.82 Å². The minimum absolute atomic E-state index is 0.191. The molecule has 1 aliphatic carbocycles. The number of benzene rings is 1. The van der Waals surface area contributed by atoms with Crippen molar-refractivity contribution in [2.75, 3.05) is 6.54 Å². The Hall–Kier alpha value is -3.19. The minimum atomic E-state index is -0.339. The van der Waals surface area contributed by atoms with Gasteiger partial charge in [0.1, 0.15) is 18.2 Å². The van der Waals surface area contributed by atoms with Gasteiger partial charge < -0.3 is 14.9 Å². The summed E-state index contributed by atoms with van der Waals surface area (Å²) in [7, 11) is 0. The summed E-state index contributed by atoms with van der Waals surface area (Å²) in [6.07, 6.45) is 6.89. The van der Waals surface area contributed by atoms with Gasteiger partial charge in [0.2, 0.25) is 0 Å². The summed E-state index contributed by atoms with van der Waals surface area (Å²) >= 11 is 0. The van der Waals surface area contributed by atoms with E-state index in [0.29, 0.717) is 11.8 Å². The molecule has 1 aromatic carbocycles. The number of pyridine rings is 2. The Balaban J connectivity index is 1.25. The van der Waals surface area contributed by atoms with E-state index in [1.165, 1.54) is 42.8 Å². The highest BCUT2D eigenvalue weighted by Gasteiger charge is 2.19. The van der Waals surface area contributed by atoms with Gasteiger partial charge in [0.05, 0.1) is 11.9 Å². The zero-order valence-electron chi connectivity index (χ0n) is 16.6. The molecule has 30 heavy (non-hydrogen) atoms. The molecule has 1 saturated carbocycles. The predicted octanol–water partition coefficient (Wildman–Crippen LogP) is 2.88. The van der Waals surface area contributed by atoms with Gasteiger partial charge in [-0.15, -0.1) is 0 Å². The molecule has 156 valence electrons. The van der Waals surface area contributed by atoms with Crippen LogP contribution in [0.15, 0.2) is 65.7 Å². The molecule has 0 aliphatic heterocycles. The summed E-state index contributed by atoms with van der Waals surface area (Å²) in [6, 6.07) is 13.7. The summed E-state index contributed by atoms with van der Waals surface area (Å²) in [5.41, 5.74) is 2.40. The van der Waals surface area contributed by atoms with Gasteiger partial charge in [0, 0.05) is 24.4 Å². The van der Waals surface area contributed by atoms with Gasteiger partial charge in [0.25, 0.3) is 5.56 Å². The highest BCUT2D eigenvalue weighted by molar-refractivity contribution is 5.20. The maximum Gasteiger partial charge on any atom is 0.286 e. The van der Waals surface area contributed by atoms with Crippen LogP contribution in [0.5, 0.6) is 5.75 Å². The second-order valence-corrected chi connectivity index (χ2v) is 7.35. The lowest BCUT2D eigenvalue weighted by Gasteiger charge is -2.10. The average molecular weight is 409 g/mol.